The van der Waals surface area contributed by atoms with E-state index >= 15 is 0 Å². The number of aromatic nitrogens is 2. The third-order valence-electron chi connectivity index (χ3n) is 4.15. The fraction of sp³-hybridized carbons (Fsp3) is 0.190. The van der Waals surface area contributed by atoms with Crippen LogP contribution in [0.5, 0.6) is 5.75 Å². The monoisotopic (exact) mass is 362 g/mol. The molecule has 1 atom stereocenters. The molecular weight excluding hydrogens is 340 g/mol. The summed E-state index contributed by atoms with van der Waals surface area (Å²) in [6, 6.07) is 15.7. The molecule has 0 spiro atoms. The van der Waals surface area contributed by atoms with Crippen molar-refractivity contribution in [3.8, 4) is 5.75 Å². The number of hydrogen-bond acceptors (Lipinski definition) is 5. The highest BCUT2D eigenvalue weighted by molar-refractivity contribution is 6.03. The van der Waals surface area contributed by atoms with Gasteiger partial charge in [0, 0.05) is 6.04 Å². The van der Waals surface area contributed by atoms with Crippen molar-refractivity contribution in [1.29, 1.82) is 0 Å². The second kappa shape index (κ2) is 8.31. The Morgan fingerprint density at radius 2 is 1.85 bits per heavy atom. The van der Waals surface area contributed by atoms with E-state index in [-0.39, 0.29) is 17.6 Å². The lowest BCUT2D eigenvalue weighted by Crippen LogP contribution is -2.15. The SMILES string of the molecule is COc1ccc(C)cc1NC(=O)c1cnc(NC(C)c2ccccc2)cn1. The predicted molar refractivity (Wildman–Crippen MR) is 106 cm³/mol. The molecule has 1 heterocycles. The number of nitrogens with one attached hydrogen (secondary N) is 2. The van der Waals surface area contributed by atoms with Crippen molar-refractivity contribution in [3.63, 3.8) is 0 Å². The Morgan fingerprint density at radius 1 is 1.07 bits per heavy atom. The Balaban J connectivity index is 1.68. The number of ether oxygens (including phenoxy) is 1. The third kappa shape index (κ3) is 4.61. The Morgan fingerprint density at radius 3 is 2.52 bits per heavy atom. The summed E-state index contributed by atoms with van der Waals surface area (Å²) in [7, 11) is 1.56. The quantitative estimate of drug-likeness (QED) is 0.687. The Kier molecular flexibility index (Phi) is 5.66. The third-order valence-corrected chi connectivity index (χ3v) is 4.15. The zero-order valence-corrected chi connectivity index (χ0v) is 15.6. The van der Waals surface area contributed by atoms with Gasteiger partial charge in [0.1, 0.15) is 17.3 Å². The molecule has 0 radical (unpaired) electrons. The van der Waals surface area contributed by atoms with E-state index in [1.165, 1.54) is 6.20 Å². The molecule has 1 unspecified atom stereocenters. The minimum absolute atomic E-state index is 0.0803. The molecule has 0 aliphatic rings. The summed E-state index contributed by atoms with van der Waals surface area (Å²) < 4.78 is 5.28. The number of hydrogen-bond donors (Lipinski definition) is 2. The van der Waals surface area contributed by atoms with Gasteiger partial charge in [-0.25, -0.2) is 9.97 Å². The molecule has 138 valence electrons. The maximum atomic E-state index is 12.5. The first kappa shape index (κ1) is 18.4. The largest absolute Gasteiger partial charge is 0.495 e. The van der Waals surface area contributed by atoms with Crippen molar-refractivity contribution in [2.24, 2.45) is 0 Å². The molecule has 6 heteroatoms. The first-order valence-corrected chi connectivity index (χ1v) is 8.66. The van der Waals surface area contributed by atoms with Crippen LogP contribution in [0.15, 0.2) is 60.9 Å². The summed E-state index contributed by atoms with van der Waals surface area (Å²) >= 11 is 0. The predicted octanol–water partition coefficient (Wildman–Crippen LogP) is 4.22. The van der Waals surface area contributed by atoms with E-state index in [1.54, 1.807) is 13.3 Å². The molecular formula is C21H22N4O2. The summed E-state index contributed by atoms with van der Waals surface area (Å²) in [4.78, 5) is 21.0. The molecule has 0 aliphatic carbocycles. The number of carbonyl (C=O) groups excluding carboxylic acids is 1. The van der Waals surface area contributed by atoms with Gasteiger partial charge in [-0.3, -0.25) is 4.79 Å². The molecule has 0 saturated carbocycles. The Labute approximate surface area is 158 Å². The van der Waals surface area contributed by atoms with Gasteiger partial charge in [0.15, 0.2) is 0 Å². The molecule has 2 N–H and O–H groups in total. The van der Waals surface area contributed by atoms with Gasteiger partial charge in [-0.15, -0.1) is 0 Å². The first-order chi connectivity index (χ1) is 13.1. The van der Waals surface area contributed by atoms with Crippen molar-refractivity contribution in [2.75, 3.05) is 17.7 Å². The molecule has 0 aliphatic heterocycles. The van der Waals surface area contributed by atoms with Crippen LogP contribution in [-0.4, -0.2) is 23.0 Å². The maximum Gasteiger partial charge on any atom is 0.275 e. The number of methoxy groups -OCH3 is 1. The molecule has 0 bridgehead atoms. The number of benzene rings is 2. The number of nitrogens with zero attached hydrogens (tertiary/aromatic N) is 2. The summed E-state index contributed by atoms with van der Waals surface area (Å²) in [5.74, 6) is 0.863. The van der Waals surface area contributed by atoms with E-state index in [4.69, 9.17) is 4.74 Å². The van der Waals surface area contributed by atoms with E-state index in [9.17, 15) is 4.79 Å². The molecule has 6 nitrogen and oxygen atoms in total. The Bertz CT molecular complexity index is 911. The van der Waals surface area contributed by atoms with E-state index < -0.39 is 0 Å². The molecule has 1 amide bonds. The molecule has 3 aromatic rings. The lowest BCUT2D eigenvalue weighted by atomic mass is 10.1. The number of carbonyl (C=O) groups is 1. The van der Waals surface area contributed by atoms with Gasteiger partial charge in [0.25, 0.3) is 5.91 Å². The highest BCUT2D eigenvalue weighted by atomic mass is 16.5. The number of rotatable bonds is 6. The first-order valence-electron chi connectivity index (χ1n) is 8.66. The maximum absolute atomic E-state index is 12.5. The van der Waals surface area contributed by atoms with Crippen LogP contribution in [0.2, 0.25) is 0 Å². The van der Waals surface area contributed by atoms with Crippen LogP contribution < -0.4 is 15.4 Å². The van der Waals surface area contributed by atoms with Crippen molar-refractivity contribution < 1.29 is 9.53 Å². The molecule has 3 rings (SSSR count). The summed E-state index contributed by atoms with van der Waals surface area (Å²) in [5.41, 5.74) is 3.00. The van der Waals surface area contributed by atoms with E-state index in [1.807, 2.05) is 62.4 Å². The second-order valence-corrected chi connectivity index (χ2v) is 6.22. The zero-order valence-electron chi connectivity index (χ0n) is 15.6. The van der Waals surface area contributed by atoms with Crippen molar-refractivity contribution in [3.05, 3.63) is 77.7 Å². The van der Waals surface area contributed by atoms with Gasteiger partial charge >= 0.3 is 0 Å². The topological polar surface area (TPSA) is 76.1 Å². The van der Waals surface area contributed by atoms with E-state index in [0.29, 0.717) is 17.3 Å². The molecule has 0 saturated heterocycles. The van der Waals surface area contributed by atoms with Gasteiger partial charge in [0.2, 0.25) is 0 Å². The number of anilines is 2. The van der Waals surface area contributed by atoms with Crippen LogP contribution >= 0.6 is 0 Å². The van der Waals surface area contributed by atoms with Gasteiger partial charge in [-0.2, -0.15) is 0 Å². The zero-order chi connectivity index (χ0) is 19.2. The average Bonchev–Trinajstić information content (AvgIpc) is 2.69. The highest BCUT2D eigenvalue weighted by Gasteiger charge is 2.13. The fourth-order valence-corrected chi connectivity index (χ4v) is 2.67. The smallest absolute Gasteiger partial charge is 0.275 e. The normalized spacial score (nSPS) is 11.5. The van der Waals surface area contributed by atoms with Crippen LogP contribution in [-0.2, 0) is 0 Å². The van der Waals surface area contributed by atoms with Crippen LogP contribution in [0.25, 0.3) is 0 Å². The standard InChI is InChI=1S/C21H22N4O2/c1-14-9-10-19(27-3)17(11-14)25-21(26)18-12-23-20(13-22-18)24-15(2)16-7-5-4-6-8-16/h4-13,15H,1-3H3,(H,23,24)(H,25,26). The van der Waals surface area contributed by atoms with E-state index in [0.717, 1.165) is 11.1 Å². The highest BCUT2D eigenvalue weighted by Crippen LogP contribution is 2.25. The average molecular weight is 362 g/mol. The molecule has 27 heavy (non-hydrogen) atoms. The minimum Gasteiger partial charge on any atom is -0.495 e. The van der Waals surface area contributed by atoms with Crippen molar-refractivity contribution >= 4 is 17.4 Å². The van der Waals surface area contributed by atoms with Crippen LogP contribution in [0.3, 0.4) is 0 Å². The number of amides is 1. The second-order valence-electron chi connectivity index (χ2n) is 6.22. The van der Waals surface area contributed by atoms with Crippen molar-refractivity contribution in [2.45, 2.75) is 19.9 Å². The summed E-state index contributed by atoms with van der Waals surface area (Å²) in [5, 5.41) is 6.09. The number of aryl methyl sites for hydroxylation is 1. The fourth-order valence-electron chi connectivity index (χ4n) is 2.67. The Hall–Kier alpha value is -3.41. The van der Waals surface area contributed by atoms with E-state index in [2.05, 4.69) is 20.6 Å². The van der Waals surface area contributed by atoms with Gasteiger partial charge in [0.05, 0.1) is 25.2 Å². The van der Waals surface area contributed by atoms with Crippen molar-refractivity contribution in [1.82, 2.24) is 9.97 Å². The van der Waals surface area contributed by atoms with Crippen LogP contribution in [0.4, 0.5) is 11.5 Å². The van der Waals surface area contributed by atoms with Gasteiger partial charge < -0.3 is 15.4 Å². The van der Waals surface area contributed by atoms with Gasteiger partial charge in [-0.05, 0) is 37.1 Å². The summed E-state index contributed by atoms with van der Waals surface area (Å²) in [6.45, 7) is 3.99. The molecule has 0 fully saturated rings. The summed E-state index contributed by atoms with van der Waals surface area (Å²) in [6.07, 6.45) is 3.01. The van der Waals surface area contributed by atoms with Crippen LogP contribution in [0.1, 0.15) is 34.6 Å². The van der Waals surface area contributed by atoms with Crippen LogP contribution in [0, 0.1) is 6.92 Å². The molecule has 2 aromatic carbocycles. The lowest BCUT2D eigenvalue weighted by Gasteiger charge is -2.15. The molecule has 1 aromatic heterocycles. The minimum atomic E-state index is -0.339. The van der Waals surface area contributed by atoms with Gasteiger partial charge in [-0.1, -0.05) is 36.4 Å². The lowest BCUT2D eigenvalue weighted by molar-refractivity contribution is 0.102.